The minimum atomic E-state index is -1.75. The Labute approximate surface area is 78.9 Å². The van der Waals surface area contributed by atoms with Crippen molar-refractivity contribution in [1.82, 2.24) is 5.32 Å². The number of hydrogen-bond acceptors (Lipinski definition) is 1. The maximum absolute atomic E-state index is 13.1. The molecule has 0 unspecified atom stereocenters. The van der Waals surface area contributed by atoms with Gasteiger partial charge in [0.05, 0.1) is 0 Å². The van der Waals surface area contributed by atoms with Gasteiger partial charge in [-0.15, -0.1) is 0 Å². The van der Waals surface area contributed by atoms with Gasteiger partial charge in [-0.05, 0) is 32.1 Å². The summed E-state index contributed by atoms with van der Waals surface area (Å²) >= 11 is 0. The zero-order valence-corrected chi connectivity index (χ0v) is 8.61. The molecule has 2 nitrogen and oxygen atoms in total. The van der Waals surface area contributed by atoms with Gasteiger partial charge in [0.15, 0.2) is 5.67 Å². The Morgan fingerprint density at radius 1 is 1.54 bits per heavy atom. The van der Waals surface area contributed by atoms with Crippen LogP contribution in [0.3, 0.4) is 0 Å². The van der Waals surface area contributed by atoms with Crippen molar-refractivity contribution in [3.63, 3.8) is 0 Å². The highest BCUT2D eigenvalue weighted by atomic mass is 19.1. The van der Waals surface area contributed by atoms with Crippen LogP contribution in [0, 0.1) is 5.41 Å². The minimum absolute atomic E-state index is 0.223. The Balaban J connectivity index is 2.30. The normalized spacial score (nSPS) is 20.6. The second kappa shape index (κ2) is 3.28. The molecule has 0 bridgehead atoms. The van der Waals surface area contributed by atoms with Gasteiger partial charge in [0, 0.05) is 6.54 Å². The molecule has 1 amide bonds. The monoisotopic (exact) mass is 187 g/mol. The van der Waals surface area contributed by atoms with E-state index in [4.69, 9.17) is 0 Å². The molecule has 0 saturated heterocycles. The molecule has 0 heterocycles. The molecule has 1 rings (SSSR count). The fourth-order valence-corrected chi connectivity index (χ4v) is 1.46. The molecular weight excluding hydrogens is 169 g/mol. The summed E-state index contributed by atoms with van der Waals surface area (Å²) in [4.78, 5) is 11.2. The smallest absolute Gasteiger partial charge is 0.257 e. The van der Waals surface area contributed by atoms with Gasteiger partial charge in [0.2, 0.25) is 0 Å². The standard InChI is InChI=1S/C10H18FNO/c1-9(2,11)8(13)12-7-10(3)5-4-6-10/h4-7H2,1-3H3,(H,12,13). The maximum Gasteiger partial charge on any atom is 0.257 e. The third-order valence-corrected chi connectivity index (χ3v) is 2.78. The Morgan fingerprint density at radius 3 is 2.38 bits per heavy atom. The summed E-state index contributed by atoms with van der Waals surface area (Å²) in [6.07, 6.45) is 3.51. The topological polar surface area (TPSA) is 29.1 Å². The van der Waals surface area contributed by atoms with Gasteiger partial charge in [0.25, 0.3) is 5.91 Å². The van der Waals surface area contributed by atoms with Crippen molar-refractivity contribution in [2.75, 3.05) is 6.54 Å². The Hall–Kier alpha value is -0.600. The third-order valence-electron chi connectivity index (χ3n) is 2.78. The molecule has 0 aliphatic heterocycles. The molecule has 3 heteroatoms. The van der Waals surface area contributed by atoms with Gasteiger partial charge in [-0.25, -0.2) is 4.39 Å². The van der Waals surface area contributed by atoms with E-state index in [1.807, 2.05) is 0 Å². The SMILES string of the molecule is CC1(CNC(=O)C(C)(C)F)CCC1. The van der Waals surface area contributed by atoms with Gasteiger partial charge in [-0.2, -0.15) is 0 Å². The van der Waals surface area contributed by atoms with Crippen molar-refractivity contribution < 1.29 is 9.18 Å². The molecule has 0 radical (unpaired) electrons. The summed E-state index contributed by atoms with van der Waals surface area (Å²) in [5.41, 5.74) is -1.53. The van der Waals surface area contributed by atoms with Crippen LogP contribution in [0.1, 0.15) is 40.0 Å². The van der Waals surface area contributed by atoms with Gasteiger partial charge < -0.3 is 5.32 Å². The minimum Gasteiger partial charge on any atom is -0.353 e. The third kappa shape index (κ3) is 2.68. The number of alkyl halides is 1. The fraction of sp³-hybridized carbons (Fsp3) is 0.900. The molecule has 0 spiro atoms. The predicted molar refractivity (Wildman–Crippen MR) is 50.2 cm³/mol. The summed E-state index contributed by atoms with van der Waals surface area (Å²) in [6.45, 7) is 5.30. The fourth-order valence-electron chi connectivity index (χ4n) is 1.46. The molecule has 0 atom stereocenters. The van der Waals surface area contributed by atoms with Crippen LogP contribution in [0.25, 0.3) is 0 Å². The first-order chi connectivity index (χ1) is 5.83. The second-order valence-electron chi connectivity index (χ2n) is 4.82. The van der Waals surface area contributed by atoms with Crippen LogP contribution in [0.15, 0.2) is 0 Å². The van der Waals surface area contributed by atoms with E-state index in [-0.39, 0.29) is 5.41 Å². The zero-order chi connectivity index (χ0) is 10.1. The number of halogens is 1. The molecule has 13 heavy (non-hydrogen) atoms. The van der Waals surface area contributed by atoms with Crippen LogP contribution >= 0.6 is 0 Å². The van der Waals surface area contributed by atoms with E-state index in [0.717, 1.165) is 12.8 Å². The first-order valence-corrected chi connectivity index (χ1v) is 4.81. The molecule has 1 aliphatic rings. The van der Waals surface area contributed by atoms with Crippen molar-refractivity contribution in [3.05, 3.63) is 0 Å². The lowest BCUT2D eigenvalue weighted by Gasteiger charge is -2.38. The molecule has 1 aliphatic carbocycles. The summed E-state index contributed by atoms with van der Waals surface area (Å²) in [6, 6.07) is 0. The van der Waals surface area contributed by atoms with Gasteiger partial charge >= 0.3 is 0 Å². The van der Waals surface area contributed by atoms with E-state index in [9.17, 15) is 9.18 Å². The van der Waals surface area contributed by atoms with Crippen molar-refractivity contribution in [2.24, 2.45) is 5.41 Å². The van der Waals surface area contributed by atoms with E-state index < -0.39 is 11.6 Å². The average molecular weight is 187 g/mol. The van der Waals surface area contributed by atoms with Crippen molar-refractivity contribution in [3.8, 4) is 0 Å². The van der Waals surface area contributed by atoms with Crippen molar-refractivity contribution in [2.45, 2.75) is 45.7 Å². The van der Waals surface area contributed by atoms with Crippen LogP contribution in [0.4, 0.5) is 4.39 Å². The lowest BCUT2D eigenvalue weighted by atomic mass is 9.70. The summed E-state index contributed by atoms with van der Waals surface area (Å²) in [7, 11) is 0. The number of rotatable bonds is 3. The van der Waals surface area contributed by atoms with Crippen LogP contribution in [-0.4, -0.2) is 18.1 Å². The van der Waals surface area contributed by atoms with E-state index in [2.05, 4.69) is 12.2 Å². The molecule has 1 N–H and O–H groups in total. The Bertz CT molecular complexity index is 203. The van der Waals surface area contributed by atoms with Crippen LogP contribution in [0.2, 0.25) is 0 Å². The maximum atomic E-state index is 13.1. The Morgan fingerprint density at radius 2 is 2.08 bits per heavy atom. The molecule has 1 saturated carbocycles. The predicted octanol–water partition coefficient (Wildman–Crippen LogP) is 2.04. The molecular formula is C10H18FNO. The lowest BCUT2D eigenvalue weighted by Crippen LogP contribution is -2.45. The second-order valence-corrected chi connectivity index (χ2v) is 4.82. The van der Waals surface area contributed by atoms with E-state index >= 15 is 0 Å². The highest BCUT2D eigenvalue weighted by Crippen LogP contribution is 2.39. The molecule has 1 fully saturated rings. The van der Waals surface area contributed by atoms with Crippen LogP contribution in [-0.2, 0) is 4.79 Å². The van der Waals surface area contributed by atoms with Crippen molar-refractivity contribution >= 4 is 5.91 Å². The highest BCUT2D eigenvalue weighted by Gasteiger charge is 2.34. The van der Waals surface area contributed by atoms with Crippen LogP contribution in [0.5, 0.6) is 0 Å². The summed E-state index contributed by atoms with van der Waals surface area (Å²) < 4.78 is 13.1. The van der Waals surface area contributed by atoms with Crippen molar-refractivity contribution in [1.29, 1.82) is 0 Å². The largest absolute Gasteiger partial charge is 0.353 e. The number of amides is 1. The van der Waals surface area contributed by atoms with Gasteiger partial charge in [-0.3, -0.25) is 4.79 Å². The highest BCUT2D eigenvalue weighted by molar-refractivity contribution is 5.84. The van der Waals surface area contributed by atoms with E-state index in [1.165, 1.54) is 20.3 Å². The summed E-state index contributed by atoms with van der Waals surface area (Å²) in [5, 5.41) is 2.65. The number of nitrogens with one attached hydrogen (secondary N) is 1. The van der Waals surface area contributed by atoms with E-state index in [0.29, 0.717) is 6.54 Å². The van der Waals surface area contributed by atoms with E-state index in [1.54, 1.807) is 0 Å². The molecule has 0 aromatic carbocycles. The van der Waals surface area contributed by atoms with Crippen LogP contribution < -0.4 is 5.32 Å². The number of carbonyl (C=O) groups is 1. The lowest BCUT2D eigenvalue weighted by molar-refractivity contribution is -0.131. The van der Waals surface area contributed by atoms with Gasteiger partial charge in [-0.1, -0.05) is 13.3 Å². The molecule has 0 aromatic rings. The number of carbonyl (C=O) groups excluding carboxylic acids is 1. The number of hydrogen-bond donors (Lipinski definition) is 1. The average Bonchev–Trinajstić information content (AvgIpc) is 1.94. The molecule has 0 aromatic heterocycles. The first kappa shape index (κ1) is 10.5. The summed E-state index contributed by atoms with van der Waals surface area (Å²) in [5.74, 6) is -0.499. The quantitative estimate of drug-likeness (QED) is 0.719. The van der Waals surface area contributed by atoms with Gasteiger partial charge in [0.1, 0.15) is 0 Å². The first-order valence-electron chi connectivity index (χ1n) is 4.81. The molecule has 76 valence electrons. The Kier molecular flexibility index (Phi) is 2.64. The zero-order valence-electron chi connectivity index (χ0n) is 8.61.